The summed E-state index contributed by atoms with van der Waals surface area (Å²) in [5.41, 5.74) is 9.72. The van der Waals surface area contributed by atoms with Crippen LogP contribution in [0.2, 0.25) is 0 Å². The van der Waals surface area contributed by atoms with Gasteiger partial charge in [-0.3, -0.25) is 14.5 Å². The van der Waals surface area contributed by atoms with E-state index in [4.69, 9.17) is 10.2 Å². The molecular formula is C26H23BrN6O3S2. The van der Waals surface area contributed by atoms with Crippen molar-refractivity contribution in [3.63, 3.8) is 0 Å². The number of aryl methyl sites for hydroxylation is 2. The summed E-state index contributed by atoms with van der Waals surface area (Å²) in [7, 11) is 0. The van der Waals surface area contributed by atoms with Crippen molar-refractivity contribution in [1.29, 1.82) is 5.26 Å². The number of ketones is 1. The highest BCUT2D eigenvalue weighted by Crippen LogP contribution is 2.47. The van der Waals surface area contributed by atoms with Gasteiger partial charge < -0.3 is 15.5 Å². The second kappa shape index (κ2) is 10.8. The Kier molecular flexibility index (Phi) is 7.43. The van der Waals surface area contributed by atoms with Crippen molar-refractivity contribution in [2.45, 2.75) is 43.4 Å². The normalized spacial score (nSPS) is 17.5. The van der Waals surface area contributed by atoms with Crippen molar-refractivity contribution in [3.05, 3.63) is 74.6 Å². The summed E-state index contributed by atoms with van der Waals surface area (Å²) in [5, 5.41) is 22.0. The number of nitrogens with two attached hydrogens (primary N) is 1. The van der Waals surface area contributed by atoms with Gasteiger partial charge in [0.15, 0.2) is 10.1 Å². The van der Waals surface area contributed by atoms with Crippen molar-refractivity contribution in [3.8, 4) is 6.07 Å². The molecule has 1 aliphatic heterocycles. The lowest BCUT2D eigenvalue weighted by Crippen LogP contribution is -2.38. The third-order valence-electron chi connectivity index (χ3n) is 6.34. The number of nitrogens with one attached hydrogen (secondary N) is 1. The molecule has 0 saturated heterocycles. The van der Waals surface area contributed by atoms with Gasteiger partial charge in [0.1, 0.15) is 17.3 Å². The smallest absolute Gasteiger partial charge is 0.234 e. The van der Waals surface area contributed by atoms with Gasteiger partial charge in [-0.25, -0.2) is 0 Å². The molecule has 5 rings (SSSR count). The van der Waals surface area contributed by atoms with Crippen LogP contribution in [0.5, 0.6) is 0 Å². The maximum absolute atomic E-state index is 13.2. The lowest BCUT2D eigenvalue weighted by atomic mass is 9.78. The Hall–Kier alpha value is -3.40. The number of anilines is 2. The van der Waals surface area contributed by atoms with Crippen LogP contribution in [0.25, 0.3) is 0 Å². The Morgan fingerprint density at radius 2 is 2.13 bits per heavy atom. The quantitative estimate of drug-likeness (QED) is 0.344. The maximum Gasteiger partial charge on any atom is 0.234 e. The number of carbonyl (C=O) groups is 2. The number of hydrogen-bond acceptors (Lipinski definition) is 10. The van der Waals surface area contributed by atoms with Gasteiger partial charge >= 0.3 is 0 Å². The average molecular weight is 612 g/mol. The summed E-state index contributed by atoms with van der Waals surface area (Å²) in [6.45, 7) is 3.74. The minimum absolute atomic E-state index is 0.0328. The fraction of sp³-hybridized carbons (Fsp3) is 0.269. The number of nitrogens with zero attached hydrogens (tertiary/aromatic N) is 4. The van der Waals surface area contributed by atoms with Crippen molar-refractivity contribution in [2.24, 2.45) is 5.73 Å². The minimum atomic E-state index is -0.653. The molecule has 1 aromatic carbocycles. The van der Waals surface area contributed by atoms with E-state index in [1.165, 1.54) is 23.1 Å². The van der Waals surface area contributed by atoms with Crippen LogP contribution >= 0.6 is 39.0 Å². The van der Waals surface area contributed by atoms with E-state index in [0.717, 1.165) is 15.7 Å². The molecule has 1 aliphatic carbocycles. The number of aromatic nitrogens is 2. The van der Waals surface area contributed by atoms with Crippen LogP contribution in [-0.2, 0) is 9.59 Å². The van der Waals surface area contributed by atoms with Crippen LogP contribution in [0.1, 0.15) is 42.3 Å². The van der Waals surface area contributed by atoms with E-state index >= 15 is 0 Å². The molecule has 2 aliphatic rings. The highest BCUT2D eigenvalue weighted by atomic mass is 79.9. The highest BCUT2D eigenvalue weighted by molar-refractivity contribution is 9.10. The Labute approximate surface area is 235 Å². The van der Waals surface area contributed by atoms with Gasteiger partial charge in [-0.1, -0.05) is 39.0 Å². The second-order valence-electron chi connectivity index (χ2n) is 8.91. The molecule has 9 nitrogen and oxygen atoms in total. The van der Waals surface area contributed by atoms with Gasteiger partial charge in [0.2, 0.25) is 11.0 Å². The summed E-state index contributed by atoms with van der Waals surface area (Å²) >= 11 is 5.93. The number of thioether (sulfide) groups is 1. The third kappa shape index (κ3) is 5.01. The number of benzene rings is 1. The molecule has 0 saturated carbocycles. The Balaban J connectivity index is 1.40. The van der Waals surface area contributed by atoms with Crippen molar-refractivity contribution in [1.82, 2.24) is 10.2 Å². The molecule has 3 heterocycles. The molecule has 38 heavy (non-hydrogen) atoms. The fourth-order valence-electron chi connectivity index (χ4n) is 4.63. The average Bonchev–Trinajstić information content (AvgIpc) is 3.53. The van der Waals surface area contributed by atoms with Gasteiger partial charge in [0, 0.05) is 27.9 Å². The molecule has 0 bridgehead atoms. The number of amides is 1. The van der Waals surface area contributed by atoms with Gasteiger partial charge in [-0.2, -0.15) is 5.26 Å². The molecule has 1 unspecified atom stereocenters. The number of Topliss-reactive ketones (excluding diaryl/α,β-unsaturated/α-hetero) is 1. The first-order chi connectivity index (χ1) is 18.3. The lowest BCUT2D eigenvalue weighted by molar-refractivity contribution is -0.116. The van der Waals surface area contributed by atoms with E-state index in [-0.39, 0.29) is 28.8 Å². The summed E-state index contributed by atoms with van der Waals surface area (Å²) in [5.74, 6) is 0.705. The van der Waals surface area contributed by atoms with Crippen molar-refractivity contribution in [2.75, 3.05) is 16.0 Å². The minimum Gasteiger partial charge on any atom is -0.465 e. The predicted molar refractivity (Wildman–Crippen MR) is 150 cm³/mol. The lowest BCUT2D eigenvalue weighted by Gasteiger charge is -2.37. The fourth-order valence-corrected chi connectivity index (χ4v) is 6.79. The van der Waals surface area contributed by atoms with E-state index in [1.54, 1.807) is 11.0 Å². The number of nitriles is 1. The molecule has 3 N–H and O–H groups in total. The molecule has 0 fully saturated rings. The first-order valence-corrected chi connectivity index (χ1v) is 14.4. The highest BCUT2D eigenvalue weighted by Gasteiger charge is 2.42. The Morgan fingerprint density at radius 1 is 1.32 bits per heavy atom. The van der Waals surface area contributed by atoms with Crippen molar-refractivity contribution < 1.29 is 14.0 Å². The number of rotatable bonds is 6. The number of furan rings is 1. The zero-order chi connectivity index (χ0) is 27.0. The van der Waals surface area contributed by atoms with Crippen LogP contribution in [0.3, 0.4) is 0 Å². The standard InChI is InChI=1S/C26H23BrN6O3S2/c1-13-10-15(27)7-8-17(13)30-21(35)12-37-26-32-31-25(38-26)33-18-4-3-5-19(34)23(18)22(16(11-28)24(33)29)20-9-6-14(2)36-20/h6-10,22H,3-5,12,29H2,1-2H3,(H,30,35). The summed E-state index contributed by atoms with van der Waals surface area (Å²) in [4.78, 5) is 27.4. The van der Waals surface area contributed by atoms with Crippen LogP contribution in [0.4, 0.5) is 10.8 Å². The van der Waals surface area contributed by atoms with Gasteiger partial charge in [-0.05, 0) is 62.6 Å². The molecule has 3 aromatic rings. The van der Waals surface area contributed by atoms with Crippen LogP contribution in [0.15, 0.2) is 66.2 Å². The number of hydrogen-bond donors (Lipinski definition) is 2. The molecule has 12 heteroatoms. The monoisotopic (exact) mass is 610 g/mol. The Bertz CT molecular complexity index is 1550. The summed E-state index contributed by atoms with van der Waals surface area (Å²) in [6, 6.07) is 11.4. The number of halogens is 1. The van der Waals surface area contributed by atoms with Gasteiger partial charge in [-0.15, -0.1) is 10.2 Å². The molecule has 1 amide bonds. The summed E-state index contributed by atoms with van der Waals surface area (Å²) < 4.78 is 7.36. The van der Waals surface area contributed by atoms with Crippen molar-refractivity contribution >= 4 is 61.5 Å². The molecule has 2 aromatic heterocycles. The van der Waals surface area contributed by atoms with E-state index in [2.05, 4.69) is 37.5 Å². The zero-order valence-electron chi connectivity index (χ0n) is 20.6. The van der Waals surface area contributed by atoms with E-state index in [1.807, 2.05) is 38.1 Å². The first kappa shape index (κ1) is 26.2. The maximum atomic E-state index is 13.2. The van der Waals surface area contributed by atoms with E-state index in [0.29, 0.717) is 51.5 Å². The van der Waals surface area contributed by atoms with Gasteiger partial charge in [0.05, 0.1) is 23.3 Å². The third-order valence-corrected chi connectivity index (χ3v) is 8.87. The second-order valence-corrected chi connectivity index (χ2v) is 12.0. The van der Waals surface area contributed by atoms with Gasteiger partial charge in [0.25, 0.3) is 0 Å². The topological polar surface area (TPSA) is 138 Å². The summed E-state index contributed by atoms with van der Waals surface area (Å²) in [6.07, 6.45) is 1.67. The predicted octanol–water partition coefficient (Wildman–Crippen LogP) is 5.55. The van der Waals surface area contributed by atoms with E-state index < -0.39 is 5.92 Å². The molecule has 194 valence electrons. The van der Waals surface area contributed by atoms with Crippen LogP contribution in [0, 0.1) is 25.2 Å². The number of carbonyl (C=O) groups excluding carboxylic acids is 2. The van der Waals surface area contributed by atoms with Crippen LogP contribution < -0.4 is 16.0 Å². The van der Waals surface area contributed by atoms with E-state index in [9.17, 15) is 14.9 Å². The first-order valence-electron chi connectivity index (χ1n) is 11.8. The SMILES string of the molecule is Cc1ccc(C2C(C#N)=C(N)N(c3nnc(SCC(=O)Nc4ccc(Br)cc4C)s3)C3=C2C(=O)CCC3)o1. The number of allylic oxidation sites excluding steroid dienone is 3. The molecule has 0 radical (unpaired) electrons. The molecule has 0 spiro atoms. The molecular weight excluding hydrogens is 588 g/mol. The largest absolute Gasteiger partial charge is 0.465 e. The Morgan fingerprint density at radius 3 is 2.84 bits per heavy atom. The van der Waals surface area contributed by atoms with Crippen LogP contribution in [-0.4, -0.2) is 27.6 Å². The zero-order valence-corrected chi connectivity index (χ0v) is 23.8. The molecule has 1 atom stereocenters.